The van der Waals surface area contributed by atoms with Crippen LogP contribution >= 0.6 is 0 Å². The van der Waals surface area contributed by atoms with Crippen molar-refractivity contribution in [3.8, 4) is 5.75 Å². The van der Waals surface area contributed by atoms with E-state index in [0.29, 0.717) is 6.54 Å². The van der Waals surface area contributed by atoms with Gasteiger partial charge in [0.2, 0.25) is 5.91 Å². The molecule has 0 aromatic heterocycles. The van der Waals surface area contributed by atoms with E-state index in [1.807, 2.05) is 56.3 Å². The fourth-order valence-corrected chi connectivity index (χ4v) is 4.70. The summed E-state index contributed by atoms with van der Waals surface area (Å²) in [7, 11) is 0. The molecule has 1 fully saturated rings. The molecule has 0 unspecified atom stereocenters. The Morgan fingerprint density at radius 2 is 2.03 bits per heavy atom. The number of carbonyl (C=O) groups is 2. The smallest absolute Gasteiger partial charge is 0.258 e. The number of fused-ring (bicyclic) bond motifs is 2. The molecule has 2 N–H and O–H groups in total. The second-order valence-electron chi connectivity index (χ2n) is 9.03. The molecule has 2 aliphatic heterocycles. The molecule has 6 nitrogen and oxygen atoms in total. The lowest BCUT2D eigenvalue weighted by molar-refractivity contribution is -0.124. The molecule has 0 bridgehead atoms. The predicted molar refractivity (Wildman–Crippen MR) is 130 cm³/mol. The summed E-state index contributed by atoms with van der Waals surface area (Å²) >= 11 is 0. The normalized spacial score (nSPS) is 22.4. The first-order chi connectivity index (χ1) is 16.0. The van der Waals surface area contributed by atoms with Crippen molar-refractivity contribution in [3.63, 3.8) is 0 Å². The number of rotatable bonds is 3. The Morgan fingerprint density at radius 3 is 2.91 bits per heavy atom. The second kappa shape index (κ2) is 10.7. The molecule has 2 heterocycles. The Balaban J connectivity index is 1.48. The highest BCUT2D eigenvalue weighted by molar-refractivity contribution is 5.93. The fraction of sp³-hybridized carbons (Fsp3) is 0.407. The monoisotopic (exact) mass is 447 g/mol. The van der Waals surface area contributed by atoms with Gasteiger partial charge in [-0.3, -0.25) is 14.5 Å². The minimum atomic E-state index is -0.119. The number of anilines is 1. The SMILES string of the molecule is Cc1ccc(C)c(NC(=O)CN2CCC[C@H]3NC(=O)COc4ccccc4C/C=C/C[C@H]32)c1. The number of ether oxygens (including phenoxy) is 1. The van der Waals surface area contributed by atoms with Crippen LogP contribution in [0, 0.1) is 13.8 Å². The molecule has 2 amide bonds. The molecule has 0 spiro atoms. The number of piperidine rings is 1. The molecule has 1 saturated heterocycles. The highest BCUT2D eigenvalue weighted by Gasteiger charge is 2.33. The standard InChI is InChI=1S/C27H33N3O3/c1-19-13-14-20(2)23(16-19)29-26(31)17-30-15-7-10-22-24(30)11-5-3-8-21-9-4-6-12-25(21)33-18-27(32)28-22/h3-6,9,12-14,16,22,24H,7-8,10-11,15,17-18H2,1-2H3,(H,28,32)(H,29,31)/b5-3+/t22-,24-/m1/s1. The number of para-hydroxylation sites is 1. The molecule has 174 valence electrons. The zero-order chi connectivity index (χ0) is 23.2. The van der Waals surface area contributed by atoms with E-state index in [4.69, 9.17) is 4.74 Å². The summed E-state index contributed by atoms with van der Waals surface area (Å²) in [6.45, 7) is 5.16. The molecular weight excluding hydrogens is 414 g/mol. The van der Waals surface area contributed by atoms with Crippen molar-refractivity contribution in [2.75, 3.05) is 25.0 Å². The molecule has 2 atom stereocenters. The van der Waals surface area contributed by atoms with Gasteiger partial charge < -0.3 is 15.4 Å². The van der Waals surface area contributed by atoms with Crippen molar-refractivity contribution in [3.05, 3.63) is 71.3 Å². The third-order valence-electron chi connectivity index (χ3n) is 6.47. The summed E-state index contributed by atoms with van der Waals surface area (Å²) < 4.78 is 5.81. The summed E-state index contributed by atoms with van der Waals surface area (Å²) in [4.78, 5) is 27.8. The van der Waals surface area contributed by atoms with Gasteiger partial charge in [0.05, 0.1) is 6.54 Å². The number of likely N-dealkylation sites (tertiary alicyclic amines) is 1. The number of nitrogens with one attached hydrogen (secondary N) is 2. The van der Waals surface area contributed by atoms with Crippen LogP contribution in [0.2, 0.25) is 0 Å². The second-order valence-corrected chi connectivity index (χ2v) is 9.03. The van der Waals surface area contributed by atoms with E-state index in [9.17, 15) is 9.59 Å². The summed E-state index contributed by atoms with van der Waals surface area (Å²) in [5.41, 5.74) is 4.08. The van der Waals surface area contributed by atoms with E-state index in [2.05, 4.69) is 27.7 Å². The molecule has 0 aliphatic carbocycles. The first-order valence-electron chi connectivity index (χ1n) is 11.8. The summed E-state index contributed by atoms with van der Waals surface area (Å²) in [5, 5.41) is 6.24. The maximum Gasteiger partial charge on any atom is 0.258 e. The van der Waals surface area contributed by atoms with E-state index in [-0.39, 0.29) is 30.5 Å². The van der Waals surface area contributed by atoms with Crippen LogP contribution in [0.4, 0.5) is 5.69 Å². The molecule has 2 aliphatic rings. The lowest BCUT2D eigenvalue weighted by Crippen LogP contribution is -2.57. The van der Waals surface area contributed by atoms with E-state index in [0.717, 1.165) is 60.4 Å². The molecule has 6 heteroatoms. The summed E-state index contributed by atoms with van der Waals surface area (Å²) in [5.74, 6) is 0.608. The minimum absolute atomic E-state index is 0.00291. The van der Waals surface area contributed by atoms with Crippen LogP contribution < -0.4 is 15.4 Å². The van der Waals surface area contributed by atoms with Gasteiger partial charge >= 0.3 is 0 Å². The third kappa shape index (κ3) is 6.02. The van der Waals surface area contributed by atoms with Gasteiger partial charge in [0.15, 0.2) is 6.61 Å². The van der Waals surface area contributed by atoms with Crippen LogP contribution in [-0.4, -0.2) is 48.5 Å². The molecular formula is C27H33N3O3. The van der Waals surface area contributed by atoms with Crippen LogP contribution in [0.25, 0.3) is 0 Å². The van der Waals surface area contributed by atoms with E-state index in [1.54, 1.807) is 0 Å². The van der Waals surface area contributed by atoms with Crippen LogP contribution in [0.15, 0.2) is 54.6 Å². The summed E-state index contributed by atoms with van der Waals surface area (Å²) in [6, 6.07) is 14.0. The Labute approximate surface area is 196 Å². The van der Waals surface area contributed by atoms with Gasteiger partial charge in [-0.15, -0.1) is 0 Å². The van der Waals surface area contributed by atoms with Crippen LogP contribution in [-0.2, 0) is 16.0 Å². The van der Waals surface area contributed by atoms with E-state index >= 15 is 0 Å². The quantitative estimate of drug-likeness (QED) is 0.703. The number of hydrogen-bond donors (Lipinski definition) is 2. The molecule has 0 radical (unpaired) electrons. The number of hydrogen-bond acceptors (Lipinski definition) is 4. The van der Waals surface area contributed by atoms with Gasteiger partial charge in [-0.05, 0) is 74.9 Å². The van der Waals surface area contributed by atoms with Gasteiger partial charge in [-0.2, -0.15) is 0 Å². The van der Waals surface area contributed by atoms with Gasteiger partial charge in [0.1, 0.15) is 5.75 Å². The average molecular weight is 448 g/mol. The topological polar surface area (TPSA) is 70.7 Å². The van der Waals surface area contributed by atoms with Crippen molar-refractivity contribution >= 4 is 17.5 Å². The zero-order valence-corrected chi connectivity index (χ0v) is 19.5. The molecule has 33 heavy (non-hydrogen) atoms. The molecule has 2 aromatic rings. The highest BCUT2D eigenvalue weighted by atomic mass is 16.5. The largest absolute Gasteiger partial charge is 0.483 e. The summed E-state index contributed by atoms with van der Waals surface area (Å²) in [6.07, 6.45) is 7.70. The maximum absolute atomic E-state index is 12.9. The first kappa shape index (κ1) is 23.1. The van der Waals surface area contributed by atoms with Crippen LogP contribution in [0.5, 0.6) is 5.75 Å². The van der Waals surface area contributed by atoms with Crippen molar-refractivity contribution < 1.29 is 14.3 Å². The Kier molecular flexibility index (Phi) is 7.45. The fourth-order valence-electron chi connectivity index (χ4n) is 4.70. The molecule has 2 aromatic carbocycles. The number of amides is 2. The van der Waals surface area contributed by atoms with Gasteiger partial charge in [0.25, 0.3) is 5.91 Å². The number of nitrogens with zero attached hydrogens (tertiary/aromatic N) is 1. The number of benzene rings is 2. The van der Waals surface area contributed by atoms with Crippen LogP contribution in [0.3, 0.4) is 0 Å². The van der Waals surface area contributed by atoms with Crippen molar-refractivity contribution in [1.82, 2.24) is 10.2 Å². The Hall–Kier alpha value is -3.12. The van der Waals surface area contributed by atoms with Crippen LogP contribution in [0.1, 0.15) is 36.0 Å². The number of carbonyl (C=O) groups excluding carboxylic acids is 2. The van der Waals surface area contributed by atoms with Gasteiger partial charge in [0, 0.05) is 17.8 Å². The van der Waals surface area contributed by atoms with E-state index in [1.165, 1.54) is 0 Å². The zero-order valence-electron chi connectivity index (χ0n) is 19.5. The molecule has 4 rings (SSSR count). The first-order valence-corrected chi connectivity index (χ1v) is 11.8. The number of allylic oxidation sites excluding steroid dienone is 1. The molecule has 0 saturated carbocycles. The van der Waals surface area contributed by atoms with Gasteiger partial charge in [-0.1, -0.05) is 42.5 Å². The lowest BCUT2D eigenvalue weighted by atomic mass is 9.92. The maximum atomic E-state index is 12.9. The van der Waals surface area contributed by atoms with Gasteiger partial charge in [-0.25, -0.2) is 0 Å². The lowest BCUT2D eigenvalue weighted by Gasteiger charge is -2.41. The van der Waals surface area contributed by atoms with Crippen molar-refractivity contribution in [1.29, 1.82) is 0 Å². The Bertz CT molecular complexity index is 1030. The number of aryl methyl sites for hydroxylation is 2. The minimum Gasteiger partial charge on any atom is -0.483 e. The van der Waals surface area contributed by atoms with Crippen molar-refractivity contribution in [2.24, 2.45) is 0 Å². The predicted octanol–water partition coefficient (Wildman–Crippen LogP) is 3.77. The van der Waals surface area contributed by atoms with E-state index < -0.39 is 0 Å². The third-order valence-corrected chi connectivity index (χ3v) is 6.47. The van der Waals surface area contributed by atoms with Crippen molar-refractivity contribution in [2.45, 2.75) is 51.6 Å². The highest BCUT2D eigenvalue weighted by Crippen LogP contribution is 2.24. The Morgan fingerprint density at radius 1 is 1.18 bits per heavy atom. The average Bonchev–Trinajstić information content (AvgIpc) is 2.79.